The van der Waals surface area contributed by atoms with E-state index in [0.717, 1.165) is 31.9 Å². The van der Waals surface area contributed by atoms with Gasteiger partial charge < -0.3 is 10.4 Å². The molecule has 0 saturated carbocycles. The van der Waals surface area contributed by atoms with Crippen LogP contribution in [0.4, 0.5) is 0 Å². The summed E-state index contributed by atoms with van der Waals surface area (Å²) in [5, 5.41) is 13.0. The summed E-state index contributed by atoms with van der Waals surface area (Å²) >= 11 is 1.85. The minimum atomic E-state index is 0.146. The van der Waals surface area contributed by atoms with Crippen molar-refractivity contribution in [1.82, 2.24) is 10.2 Å². The molecule has 0 unspecified atom stereocenters. The number of nitrogens with one attached hydrogen (secondary N) is 1. The van der Waals surface area contributed by atoms with Crippen LogP contribution in [0.3, 0.4) is 0 Å². The second-order valence-corrected chi connectivity index (χ2v) is 5.82. The zero-order valence-corrected chi connectivity index (χ0v) is 11.7. The third-order valence-corrected chi connectivity index (χ3v) is 4.24. The van der Waals surface area contributed by atoms with Crippen LogP contribution in [0.25, 0.3) is 0 Å². The lowest BCUT2D eigenvalue weighted by Crippen LogP contribution is -2.46. The highest BCUT2D eigenvalue weighted by Gasteiger charge is 2.21. The fraction of sp³-hybridized carbons (Fsp3) is 0.571. The van der Waals surface area contributed by atoms with E-state index in [1.165, 1.54) is 10.5 Å². The van der Waals surface area contributed by atoms with Crippen LogP contribution in [0.15, 0.2) is 29.2 Å². The average Bonchev–Trinajstić information content (AvgIpc) is 2.43. The van der Waals surface area contributed by atoms with Gasteiger partial charge in [-0.05, 0) is 23.4 Å². The van der Waals surface area contributed by atoms with Crippen LogP contribution in [-0.2, 0) is 0 Å². The number of aliphatic hydroxyl groups excluding tert-OH is 1. The topological polar surface area (TPSA) is 35.5 Å². The lowest BCUT2D eigenvalue weighted by Gasteiger charge is -2.34. The van der Waals surface area contributed by atoms with E-state index < -0.39 is 0 Å². The zero-order valence-electron chi connectivity index (χ0n) is 10.9. The molecule has 0 bridgehead atoms. The molecule has 0 spiro atoms. The minimum absolute atomic E-state index is 0.146. The molecule has 2 rings (SSSR count). The average molecular weight is 266 g/mol. The molecule has 1 aromatic rings. The Morgan fingerprint density at radius 1 is 1.28 bits per heavy atom. The fourth-order valence-corrected chi connectivity index (χ4v) is 3.04. The van der Waals surface area contributed by atoms with Crippen LogP contribution in [0.5, 0.6) is 0 Å². The molecular weight excluding hydrogens is 244 g/mol. The van der Waals surface area contributed by atoms with E-state index in [1.807, 2.05) is 11.8 Å². The second kappa shape index (κ2) is 7.14. The van der Waals surface area contributed by atoms with Gasteiger partial charge >= 0.3 is 0 Å². The number of hydrogen-bond donors (Lipinski definition) is 2. The van der Waals surface area contributed by atoms with E-state index in [-0.39, 0.29) is 12.6 Å². The predicted molar refractivity (Wildman–Crippen MR) is 77.1 cm³/mol. The maximum absolute atomic E-state index is 9.64. The predicted octanol–water partition coefficient (Wildman–Crippen LogP) is 1.74. The molecule has 2 N–H and O–H groups in total. The molecule has 1 aromatic carbocycles. The summed E-state index contributed by atoms with van der Waals surface area (Å²) in [6, 6.07) is 8.78. The van der Waals surface area contributed by atoms with Gasteiger partial charge in [0.05, 0.1) is 12.6 Å². The maximum atomic E-state index is 9.64. The first-order valence-electron chi connectivity index (χ1n) is 6.63. The van der Waals surface area contributed by atoms with E-state index in [4.69, 9.17) is 0 Å². The van der Waals surface area contributed by atoms with Crippen LogP contribution in [0.2, 0.25) is 0 Å². The summed E-state index contributed by atoms with van der Waals surface area (Å²) in [5.41, 5.74) is 1.22. The van der Waals surface area contributed by atoms with Gasteiger partial charge in [-0.3, -0.25) is 4.90 Å². The van der Waals surface area contributed by atoms with Crippen molar-refractivity contribution < 1.29 is 5.11 Å². The van der Waals surface area contributed by atoms with Crippen LogP contribution >= 0.6 is 11.8 Å². The Kier molecular flexibility index (Phi) is 5.50. The lowest BCUT2D eigenvalue weighted by molar-refractivity contribution is 0.111. The molecule has 4 heteroatoms. The molecule has 0 aliphatic carbocycles. The number of rotatable bonds is 5. The fourth-order valence-electron chi connectivity index (χ4n) is 2.38. The zero-order chi connectivity index (χ0) is 12.8. The van der Waals surface area contributed by atoms with E-state index >= 15 is 0 Å². The molecule has 1 aliphatic heterocycles. The molecule has 1 fully saturated rings. The van der Waals surface area contributed by atoms with E-state index in [2.05, 4.69) is 41.4 Å². The molecule has 1 atom stereocenters. The van der Waals surface area contributed by atoms with Crippen molar-refractivity contribution in [2.24, 2.45) is 0 Å². The summed E-state index contributed by atoms with van der Waals surface area (Å²) < 4.78 is 0. The quantitative estimate of drug-likeness (QED) is 0.796. The Hall–Kier alpha value is -0.550. The standard InChI is InChI=1S/C14H22N2OS/c1-2-18-13-5-3-12(4-6-13)14(11-17)16-9-7-15-8-10-16/h3-6,14-15,17H,2,7-11H2,1H3/t14-/m1/s1. The Morgan fingerprint density at radius 3 is 2.50 bits per heavy atom. The number of thioether (sulfide) groups is 1. The molecule has 0 radical (unpaired) electrons. The largest absolute Gasteiger partial charge is 0.394 e. The molecule has 100 valence electrons. The first kappa shape index (κ1) is 13.9. The van der Waals surface area contributed by atoms with Crippen LogP contribution in [-0.4, -0.2) is 48.5 Å². The van der Waals surface area contributed by atoms with Gasteiger partial charge in [0.1, 0.15) is 0 Å². The summed E-state index contributed by atoms with van der Waals surface area (Å²) in [6.45, 7) is 6.41. The van der Waals surface area contributed by atoms with E-state index in [9.17, 15) is 5.11 Å². The summed E-state index contributed by atoms with van der Waals surface area (Å²) in [5.74, 6) is 1.10. The number of nitrogens with zero attached hydrogens (tertiary/aromatic N) is 1. The van der Waals surface area contributed by atoms with Crippen LogP contribution < -0.4 is 5.32 Å². The molecular formula is C14H22N2OS. The van der Waals surface area contributed by atoms with Gasteiger partial charge in [-0.2, -0.15) is 0 Å². The normalized spacial score (nSPS) is 18.8. The molecule has 0 aromatic heterocycles. The van der Waals surface area contributed by atoms with Crippen molar-refractivity contribution in [3.8, 4) is 0 Å². The molecule has 18 heavy (non-hydrogen) atoms. The van der Waals surface area contributed by atoms with Gasteiger partial charge in [0.25, 0.3) is 0 Å². The van der Waals surface area contributed by atoms with E-state index in [0.29, 0.717) is 0 Å². The number of hydrogen-bond acceptors (Lipinski definition) is 4. The molecule has 3 nitrogen and oxygen atoms in total. The Morgan fingerprint density at radius 2 is 1.94 bits per heavy atom. The van der Waals surface area contributed by atoms with Gasteiger partial charge in [-0.15, -0.1) is 11.8 Å². The first-order valence-corrected chi connectivity index (χ1v) is 7.62. The molecule has 1 aliphatic rings. The van der Waals surface area contributed by atoms with Gasteiger partial charge in [0, 0.05) is 31.1 Å². The van der Waals surface area contributed by atoms with Crippen molar-refractivity contribution in [3.63, 3.8) is 0 Å². The van der Waals surface area contributed by atoms with Crippen molar-refractivity contribution in [1.29, 1.82) is 0 Å². The third-order valence-electron chi connectivity index (χ3n) is 3.34. The van der Waals surface area contributed by atoms with Crippen molar-refractivity contribution in [2.75, 3.05) is 38.5 Å². The Bertz CT molecular complexity index is 349. The van der Waals surface area contributed by atoms with Gasteiger partial charge in [0.15, 0.2) is 0 Å². The van der Waals surface area contributed by atoms with Crippen molar-refractivity contribution in [3.05, 3.63) is 29.8 Å². The van der Waals surface area contributed by atoms with Gasteiger partial charge in [-0.1, -0.05) is 19.1 Å². The Labute approximate surface area is 114 Å². The summed E-state index contributed by atoms with van der Waals surface area (Å²) in [7, 11) is 0. The SMILES string of the molecule is CCSc1ccc([C@@H](CO)N2CCNCC2)cc1. The summed E-state index contributed by atoms with van der Waals surface area (Å²) in [4.78, 5) is 3.66. The smallest absolute Gasteiger partial charge is 0.0628 e. The number of benzene rings is 1. The number of aliphatic hydroxyl groups is 1. The second-order valence-electron chi connectivity index (χ2n) is 4.49. The molecule has 1 heterocycles. The highest BCUT2D eigenvalue weighted by molar-refractivity contribution is 7.99. The van der Waals surface area contributed by atoms with Gasteiger partial charge in [0.2, 0.25) is 0 Å². The first-order chi connectivity index (χ1) is 8.85. The highest BCUT2D eigenvalue weighted by Crippen LogP contribution is 2.24. The monoisotopic (exact) mass is 266 g/mol. The highest BCUT2D eigenvalue weighted by atomic mass is 32.2. The van der Waals surface area contributed by atoms with Crippen molar-refractivity contribution >= 4 is 11.8 Å². The minimum Gasteiger partial charge on any atom is -0.394 e. The molecule has 0 amide bonds. The van der Waals surface area contributed by atoms with Crippen molar-refractivity contribution in [2.45, 2.75) is 17.9 Å². The Balaban J connectivity index is 2.06. The molecule has 1 saturated heterocycles. The maximum Gasteiger partial charge on any atom is 0.0628 e. The summed E-state index contributed by atoms with van der Waals surface area (Å²) in [6.07, 6.45) is 0. The van der Waals surface area contributed by atoms with E-state index in [1.54, 1.807) is 0 Å². The lowest BCUT2D eigenvalue weighted by atomic mass is 10.1. The van der Waals surface area contributed by atoms with Crippen LogP contribution in [0, 0.1) is 0 Å². The number of piperazine rings is 1. The van der Waals surface area contributed by atoms with Gasteiger partial charge in [-0.25, -0.2) is 0 Å². The third kappa shape index (κ3) is 3.48. The van der Waals surface area contributed by atoms with Crippen LogP contribution in [0.1, 0.15) is 18.5 Å².